The molecule has 160 valence electrons. The van der Waals surface area contributed by atoms with Gasteiger partial charge in [0.2, 0.25) is 0 Å². The molecule has 0 aliphatic heterocycles. The van der Waals surface area contributed by atoms with Crippen LogP contribution in [0.2, 0.25) is 0 Å². The van der Waals surface area contributed by atoms with Crippen molar-refractivity contribution in [1.29, 1.82) is 0 Å². The minimum absolute atomic E-state index is 0.0446. The Balaban J connectivity index is 1.63. The van der Waals surface area contributed by atoms with Crippen molar-refractivity contribution < 1.29 is 14.5 Å². The first-order valence-corrected chi connectivity index (χ1v) is 9.75. The zero-order chi connectivity index (χ0) is 22.7. The molecule has 0 radical (unpaired) electrons. The molecule has 2 heterocycles. The summed E-state index contributed by atoms with van der Waals surface area (Å²) < 4.78 is 1.68. The highest BCUT2D eigenvalue weighted by molar-refractivity contribution is 6.07. The van der Waals surface area contributed by atoms with Crippen molar-refractivity contribution >= 4 is 28.5 Å². The van der Waals surface area contributed by atoms with Crippen LogP contribution in [0, 0.1) is 10.1 Å². The normalized spacial score (nSPS) is 10.7. The Bertz CT molecular complexity index is 1330. The van der Waals surface area contributed by atoms with Gasteiger partial charge in [-0.15, -0.1) is 0 Å². The minimum atomic E-state index is -0.681. The fraction of sp³-hybridized carbons (Fsp3) is 0.0909. The number of amides is 2. The summed E-state index contributed by atoms with van der Waals surface area (Å²) in [6.45, 7) is 2.49. The van der Waals surface area contributed by atoms with Crippen LogP contribution in [0.25, 0.3) is 22.3 Å². The van der Waals surface area contributed by atoms with Crippen LogP contribution in [0.3, 0.4) is 0 Å². The number of aromatic nitrogens is 3. The Hall–Kier alpha value is -4.60. The number of nitro benzene ring substituents is 1. The van der Waals surface area contributed by atoms with Gasteiger partial charge >= 0.3 is 0 Å². The quantitative estimate of drug-likeness (QED) is 0.369. The Kier molecular flexibility index (Phi) is 5.58. The van der Waals surface area contributed by atoms with E-state index in [1.165, 1.54) is 18.2 Å². The predicted octanol–water partition coefficient (Wildman–Crippen LogP) is 3.10. The van der Waals surface area contributed by atoms with Gasteiger partial charge in [-0.25, -0.2) is 9.67 Å². The Morgan fingerprint density at radius 1 is 1.03 bits per heavy atom. The highest BCUT2D eigenvalue weighted by atomic mass is 16.6. The van der Waals surface area contributed by atoms with Gasteiger partial charge in [-0.2, -0.15) is 5.10 Å². The number of non-ortho nitro benzene ring substituents is 1. The van der Waals surface area contributed by atoms with E-state index in [9.17, 15) is 19.7 Å². The summed E-state index contributed by atoms with van der Waals surface area (Å²) in [7, 11) is 0. The number of fused-ring (bicyclic) bond motifs is 1. The zero-order valence-corrected chi connectivity index (χ0v) is 17.0. The first-order valence-electron chi connectivity index (χ1n) is 9.75. The molecule has 0 saturated carbocycles. The van der Waals surface area contributed by atoms with Crippen LogP contribution in [-0.2, 0) is 6.54 Å². The minimum Gasteiger partial charge on any atom is -0.267 e. The highest BCUT2D eigenvalue weighted by Crippen LogP contribution is 2.25. The zero-order valence-electron chi connectivity index (χ0n) is 17.0. The molecule has 2 N–H and O–H groups in total. The summed E-state index contributed by atoms with van der Waals surface area (Å²) in [5.74, 6) is -1.25. The summed E-state index contributed by atoms with van der Waals surface area (Å²) in [5.41, 5.74) is 6.74. The van der Waals surface area contributed by atoms with Crippen molar-refractivity contribution in [2.75, 3.05) is 0 Å². The smallest absolute Gasteiger partial charge is 0.267 e. The monoisotopic (exact) mass is 430 g/mol. The summed E-state index contributed by atoms with van der Waals surface area (Å²) in [6, 6.07) is 16.2. The number of carbonyl (C=O) groups is 2. The molecule has 0 atom stereocenters. The molecular weight excluding hydrogens is 412 g/mol. The van der Waals surface area contributed by atoms with E-state index in [2.05, 4.69) is 20.9 Å². The fourth-order valence-electron chi connectivity index (χ4n) is 3.24. The van der Waals surface area contributed by atoms with Gasteiger partial charge in [0.05, 0.1) is 27.8 Å². The molecule has 2 aromatic heterocycles. The van der Waals surface area contributed by atoms with Gasteiger partial charge in [-0.1, -0.05) is 36.4 Å². The average Bonchev–Trinajstić information content (AvgIpc) is 3.25. The van der Waals surface area contributed by atoms with Gasteiger partial charge in [0.1, 0.15) is 0 Å². The summed E-state index contributed by atoms with van der Waals surface area (Å²) in [5, 5.41) is 15.7. The second-order valence-electron chi connectivity index (χ2n) is 6.83. The van der Waals surface area contributed by atoms with E-state index in [1.54, 1.807) is 16.9 Å². The lowest BCUT2D eigenvalue weighted by Crippen LogP contribution is -2.41. The maximum atomic E-state index is 13.0. The maximum Gasteiger partial charge on any atom is 0.270 e. The van der Waals surface area contributed by atoms with Gasteiger partial charge in [-0.05, 0) is 19.1 Å². The largest absolute Gasteiger partial charge is 0.270 e. The van der Waals surface area contributed by atoms with Crippen LogP contribution in [0.5, 0.6) is 0 Å². The summed E-state index contributed by atoms with van der Waals surface area (Å²) >= 11 is 0. The second kappa shape index (κ2) is 8.64. The van der Waals surface area contributed by atoms with Crippen molar-refractivity contribution in [3.05, 3.63) is 88.1 Å². The van der Waals surface area contributed by atoms with E-state index < -0.39 is 16.7 Å². The molecular formula is C22H18N6O4. The number of hydrogen-bond acceptors (Lipinski definition) is 6. The number of pyridine rings is 1. The molecule has 0 fully saturated rings. The van der Waals surface area contributed by atoms with Gasteiger partial charge in [-0.3, -0.25) is 30.6 Å². The fourth-order valence-corrected chi connectivity index (χ4v) is 3.24. The van der Waals surface area contributed by atoms with Crippen molar-refractivity contribution in [1.82, 2.24) is 25.6 Å². The van der Waals surface area contributed by atoms with Crippen LogP contribution in [0.15, 0.2) is 66.9 Å². The maximum absolute atomic E-state index is 13.0. The predicted molar refractivity (Wildman–Crippen MR) is 117 cm³/mol. The topological polar surface area (TPSA) is 132 Å². The van der Waals surface area contributed by atoms with Gasteiger partial charge in [0, 0.05) is 29.8 Å². The van der Waals surface area contributed by atoms with E-state index in [1.807, 2.05) is 37.3 Å². The molecule has 32 heavy (non-hydrogen) atoms. The molecule has 0 saturated heterocycles. The number of hydrogen-bond donors (Lipinski definition) is 2. The Labute approximate surface area is 182 Å². The van der Waals surface area contributed by atoms with Gasteiger partial charge < -0.3 is 0 Å². The van der Waals surface area contributed by atoms with Crippen LogP contribution in [0.4, 0.5) is 5.69 Å². The van der Waals surface area contributed by atoms with Crippen molar-refractivity contribution in [3.8, 4) is 11.3 Å². The van der Waals surface area contributed by atoms with E-state index in [0.717, 1.165) is 11.6 Å². The molecule has 4 rings (SSSR count). The third-order valence-corrected chi connectivity index (χ3v) is 4.83. The van der Waals surface area contributed by atoms with E-state index in [0.29, 0.717) is 23.3 Å². The summed E-state index contributed by atoms with van der Waals surface area (Å²) in [4.78, 5) is 40.3. The number of nitrogens with zero attached hydrogens (tertiary/aromatic N) is 4. The average molecular weight is 430 g/mol. The van der Waals surface area contributed by atoms with E-state index >= 15 is 0 Å². The van der Waals surface area contributed by atoms with Gasteiger partial charge in [0.25, 0.3) is 17.5 Å². The number of rotatable bonds is 5. The second-order valence-corrected chi connectivity index (χ2v) is 6.83. The number of aryl methyl sites for hydroxylation is 1. The lowest BCUT2D eigenvalue weighted by molar-refractivity contribution is -0.384. The first kappa shape index (κ1) is 20.7. The molecule has 2 aromatic carbocycles. The molecule has 0 aliphatic carbocycles. The lowest BCUT2D eigenvalue weighted by Gasteiger charge is -2.10. The van der Waals surface area contributed by atoms with Gasteiger partial charge in [0.15, 0.2) is 5.65 Å². The van der Waals surface area contributed by atoms with Crippen molar-refractivity contribution in [2.24, 2.45) is 0 Å². The molecule has 0 unspecified atom stereocenters. The highest BCUT2D eigenvalue weighted by Gasteiger charge is 2.18. The molecule has 0 aliphatic rings. The SMILES string of the molecule is CCn1ncc2c(C(=O)NNC(=O)c3cccc([N+](=O)[O-])c3)cc(-c3ccccc3)nc21. The third-order valence-electron chi connectivity index (χ3n) is 4.83. The third kappa shape index (κ3) is 4.01. The van der Waals surface area contributed by atoms with Crippen LogP contribution in [-0.4, -0.2) is 31.5 Å². The lowest BCUT2D eigenvalue weighted by atomic mass is 10.1. The summed E-state index contributed by atoms with van der Waals surface area (Å²) in [6.07, 6.45) is 1.55. The Morgan fingerprint density at radius 2 is 1.78 bits per heavy atom. The molecule has 10 nitrogen and oxygen atoms in total. The van der Waals surface area contributed by atoms with Crippen LogP contribution < -0.4 is 10.9 Å². The number of benzene rings is 2. The number of nitro groups is 1. The Morgan fingerprint density at radius 3 is 2.50 bits per heavy atom. The first-order chi connectivity index (χ1) is 15.5. The number of nitrogens with one attached hydrogen (secondary N) is 2. The van der Waals surface area contributed by atoms with Crippen LogP contribution >= 0.6 is 0 Å². The van der Waals surface area contributed by atoms with E-state index in [-0.39, 0.29) is 16.8 Å². The number of hydrazine groups is 1. The van der Waals surface area contributed by atoms with Crippen molar-refractivity contribution in [2.45, 2.75) is 13.5 Å². The molecule has 10 heteroatoms. The van der Waals surface area contributed by atoms with Crippen molar-refractivity contribution in [3.63, 3.8) is 0 Å². The molecule has 4 aromatic rings. The van der Waals surface area contributed by atoms with Crippen LogP contribution in [0.1, 0.15) is 27.6 Å². The number of carbonyl (C=O) groups excluding carboxylic acids is 2. The molecule has 0 spiro atoms. The standard InChI is InChI=1S/C22H18N6O4/c1-2-27-20-18(13-23-27)17(12-19(24-20)14-7-4-3-5-8-14)22(30)26-25-21(29)15-9-6-10-16(11-15)28(31)32/h3-13H,2H2,1H3,(H,25,29)(H,26,30). The molecule has 2 amide bonds. The van der Waals surface area contributed by atoms with E-state index in [4.69, 9.17) is 0 Å². The molecule has 0 bridgehead atoms.